The van der Waals surface area contributed by atoms with E-state index in [1.807, 2.05) is 29.6 Å². The largest absolute Gasteiger partial charge is 0.494 e. The normalized spacial score (nSPS) is 10.5. The van der Waals surface area contributed by atoms with Gasteiger partial charge in [-0.15, -0.1) is 11.3 Å². The van der Waals surface area contributed by atoms with E-state index in [2.05, 4.69) is 26.2 Å². The molecule has 1 amide bonds. The number of ether oxygens (including phenoxy) is 1. The molecule has 0 saturated heterocycles. The van der Waals surface area contributed by atoms with E-state index in [4.69, 9.17) is 16.3 Å². The summed E-state index contributed by atoms with van der Waals surface area (Å²) in [4.78, 5) is 16.5. The van der Waals surface area contributed by atoms with Crippen molar-refractivity contribution < 1.29 is 9.53 Å². The van der Waals surface area contributed by atoms with Crippen molar-refractivity contribution in [3.8, 4) is 17.0 Å². The molecule has 7 heteroatoms. The number of nitrogens with zero attached hydrogens (tertiary/aromatic N) is 1. The van der Waals surface area contributed by atoms with Crippen molar-refractivity contribution in [3.05, 3.63) is 63.4 Å². The Morgan fingerprint density at radius 1 is 1.23 bits per heavy atom. The molecule has 0 radical (unpaired) electrons. The minimum atomic E-state index is -0.0696. The van der Waals surface area contributed by atoms with Crippen LogP contribution < -0.4 is 10.1 Å². The van der Waals surface area contributed by atoms with Crippen molar-refractivity contribution in [2.24, 2.45) is 0 Å². The highest BCUT2D eigenvalue weighted by Gasteiger charge is 2.08. The Bertz CT molecular complexity index is 883. The Morgan fingerprint density at radius 3 is 2.81 bits per heavy atom. The number of anilines is 1. The smallest absolute Gasteiger partial charge is 0.226 e. The van der Waals surface area contributed by atoms with E-state index in [9.17, 15) is 4.79 Å². The van der Waals surface area contributed by atoms with Crippen LogP contribution in [0, 0.1) is 0 Å². The summed E-state index contributed by atoms with van der Waals surface area (Å²) in [5, 5.41) is 6.04. The second-order valence-corrected chi connectivity index (χ2v) is 7.71. The molecular weight excluding hydrogens is 436 g/mol. The van der Waals surface area contributed by atoms with Gasteiger partial charge < -0.3 is 10.1 Å². The molecule has 1 N–H and O–H groups in total. The van der Waals surface area contributed by atoms with Crippen molar-refractivity contribution in [1.29, 1.82) is 0 Å². The first-order valence-electron chi connectivity index (χ1n) is 8.00. The summed E-state index contributed by atoms with van der Waals surface area (Å²) >= 11 is 10.7. The number of carbonyl (C=O) groups excluding carboxylic acids is 1. The van der Waals surface area contributed by atoms with E-state index in [0.29, 0.717) is 29.6 Å². The van der Waals surface area contributed by atoms with E-state index in [1.54, 1.807) is 24.3 Å². The molecule has 0 bridgehead atoms. The number of carbonyl (C=O) groups is 1. The van der Waals surface area contributed by atoms with Gasteiger partial charge in [0.05, 0.1) is 12.3 Å². The zero-order valence-corrected chi connectivity index (χ0v) is 16.9. The summed E-state index contributed by atoms with van der Waals surface area (Å²) in [6.45, 7) is 0.468. The van der Waals surface area contributed by atoms with Gasteiger partial charge in [-0.3, -0.25) is 4.79 Å². The van der Waals surface area contributed by atoms with Crippen LogP contribution in [-0.2, 0) is 4.79 Å². The molecule has 0 spiro atoms. The standard InChI is InChI=1S/C19H16BrClN2O2S/c20-14-4-1-3-13(11-14)17-12-26-19(22-17)23-18(24)5-2-10-25-16-8-6-15(21)7-9-16/h1,3-4,6-9,11-12H,2,5,10H2,(H,22,23,24). The molecule has 0 aliphatic rings. The third-order valence-electron chi connectivity index (χ3n) is 3.50. The van der Waals surface area contributed by atoms with E-state index < -0.39 is 0 Å². The monoisotopic (exact) mass is 450 g/mol. The van der Waals surface area contributed by atoms with Gasteiger partial charge in [0.1, 0.15) is 5.75 Å². The summed E-state index contributed by atoms with van der Waals surface area (Å²) in [5.41, 5.74) is 1.85. The highest BCUT2D eigenvalue weighted by atomic mass is 79.9. The van der Waals surface area contributed by atoms with E-state index in [-0.39, 0.29) is 5.91 Å². The average Bonchev–Trinajstić information content (AvgIpc) is 3.09. The first kappa shape index (κ1) is 18.9. The second kappa shape index (κ2) is 9.16. The van der Waals surface area contributed by atoms with Crippen molar-refractivity contribution in [2.45, 2.75) is 12.8 Å². The first-order valence-corrected chi connectivity index (χ1v) is 10.0. The fourth-order valence-corrected chi connectivity index (χ4v) is 3.51. The van der Waals surface area contributed by atoms with Gasteiger partial charge in [-0.2, -0.15) is 0 Å². The summed E-state index contributed by atoms with van der Waals surface area (Å²) in [5.74, 6) is 0.674. The van der Waals surface area contributed by atoms with Crippen LogP contribution in [0.2, 0.25) is 5.02 Å². The molecule has 0 unspecified atom stereocenters. The van der Waals surface area contributed by atoms with Crippen molar-refractivity contribution in [2.75, 3.05) is 11.9 Å². The quantitative estimate of drug-likeness (QED) is 0.447. The molecule has 4 nitrogen and oxygen atoms in total. The van der Waals surface area contributed by atoms with Crippen molar-refractivity contribution >= 4 is 49.9 Å². The number of benzene rings is 2. The molecule has 3 rings (SSSR count). The van der Waals surface area contributed by atoms with Gasteiger partial charge in [0, 0.05) is 26.9 Å². The van der Waals surface area contributed by atoms with Gasteiger partial charge in [-0.1, -0.05) is 39.7 Å². The summed E-state index contributed by atoms with van der Waals surface area (Å²) in [7, 11) is 0. The van der Waals surface area contributed by atoms with Crippen molar-refractivity contribution in [3.63, 3.8) is 0 Å². The fraction of sp³-hybridized carbons (Fsp3) is 0.158. The topological polar surface area (TPSA) is 51.2 Å². The minimum absolute atomic E-state index is 0.0696. The Hall–Kier alpha value is -1.89. The number of halogens is 2. The Kier molecular flexibility index (Phi) is 6.66. The fourth-order valence-electron chi connectivity index (χ4n) is 2.25. The van der Waals surface area contributed by atoms with Crippen LogP contribution >= 0.6 is 38.9 Å². The first-order chi connectivity index (χ1) is 12.6. The lowest BCUT2D eigenvalue weighted by atomic mass is 10.2. The predicted octanol–water partition coefficient (Wildman–Crippen LogP) is 6.02. The molecule has 0 atom stereocenters. The van der Waals surface area contributed by atoms with Crippen LogP contribution in [0.25, 0.3) is 11.3 Å². The summed E-state index contributed by atoms with van der Waals surface area (Å²) < 4.78 is 6.57. The molecule has 134 valence electrons. The van der Waals surface area contributed by atoms with Crippen LogP contribution in [0.4, 0.5) is 5.13 Å². The number of aromatic nitrogens is 1. The van der Waals surface area contributed by atoms with Crippen LogP contribution in [0.5, 0.6) is 5.75 Å². The number of hydrogen-bond donors (Lipinski definition) is 1. The third kappa shape index (κ3) is 5.56. The SMILES string of the molecule is O=C(CCCOc1ccc(Cl)cc1)Nc1nc(-c2cccc(Br)c2)cs1. The number of nitrogens with one attached hydrogen (secondary N) is 1. The Balaban J connectivity index is 1.44. The molecular formula is C19H16BrClN2O2S. The average molecular weight is 452 g/mol. The maximum absolute atomic E-state index is 12.0. The predicted molar refractivity (Wildman–Crippen MR) is 110 cm³/mol. The molecule has 26 heavy (non-hydrogen) atoms. The molecule has 1 heterocycles. The summed E-state index contributed by atoms with van der Waals surface area (Å²) in [6.07, 6.45) is 0.998. The van der Waals surface area contributed by atoms with Gasteiger partial charge >= 0.3 is 0 Å². The molecule has 0 aliphatic heterocycles. The Labute approximate surface area is 169 Å². The molecule has 2 aromatic carbocycles. The number of rotatable bonds is 7. The lowest BCUT2D eigenvalue weighted by Crippen LogP contribution is -2.12. The van der Waals surface area contributed by atoms with Crippen LogP contribution in [-0.4, -0.2) is 17.5 Å². The lowest BCUT2D eigenvalue weighted by Gasteiger charge is -2.06. The zero-order chi connectivity index (χ0) is 18.4. The Morgan fingerprint density at radius 2 is 2.04 bits per heavy atom. The number of amides is 1. The lowest BCUT2D eigenvalue weighted by molar-refractivity contribution is -0.116. The van der Waals surface area contributed by atoms with E-state index in [1.165, 1.54) is 11.3 Å². The summed E-state index contributed by atoms with van der Waals surface area (Å²) in [6, 6.07) is 15.1. The van der Waals surface area contributed by atoms with Crippen LogP contribution in [0.1, 0.15) is 12.8 Å². The van der Waals surface area contributed by atoms with Gasteiger partial charge in [0.25, 0.3) is 0 Å². The van der Waals surface area contributed by atoms with Gasteiger partial charge in [0.2, 0.25) is 5.91 Å². The minimum Gasteiger partial charge on any atom is -0.494 e. The van der Waals surface area contributed by atoms with Gasteiger partial charge in [0.15, 0.2) is 5.13 Å². The number of thiazole rings is 1. The van der Waals surface area contributed by atoms with Crippen LogP contribution in [0.15, 0.2) is 58.4 Å². The molecule has 0 aliphatic carbocycles. The second-order valence-electron chi connectivity index (χ2n) is 5.50. The van der Waals surface area contributed by atoms with Gasteiger partial charge in [-0.05, 0) is 42.8 Å². The highest BCUT2D eigenvalue weighted by Crippen LogP contribution is 2.27. The zero-order valence-electron chi connectivity index (χ0n) is 13.7. The van der Waals surface area contributed by atoms with Crippen LogP contribution in [0.3, 0.4) is 0 Å². The molecule has 0 fully saturated rings. The molecule has 1 aromatic heterocycles. The maximum atomic E-state index is 12.0. The van der Waals surface area contributed by atoms with E-state index in [0.717, 1.165) is 21.5 Å². The highest BCUT2D eigenvalue weighted by molar-refractivity contribution is 9.10. The molecule has 3 aromatic rings. The maximum Gasteiger partial charge on any atom is 0.226 e. The van der Waals surface area contributed by atoms with Crippen molar-refractivity contribution in [1.82, 2.24) is 4.98 Å². The van der Waals surface area contributed by atoms with Gasteiger partial charge in [-0.25, -0.2) is 4.98 Å². The van der Waals surface area contributed by atoms with E-state index >= 15 is 0 Å². The molecule has 0 saturated carbocycles. The number of hydrogen-bond acceptors (Lipinski definition) is 4. The third-order valence-corrected chi connectivity index (χ3v) is 5.00.